The molecule has 16 nitrogen and oxygen atoms in total. The van der Waals surface area contributed by atoms with E-state index in [1.807, 2.05) is 6.92 Å². The number of carbonyl (C=O) groups is 7. The molecule has 0 saturated heterocycles. The number of ketones is 1. The van der Waals surface area contributed by atoms with Gasteiger partial charge in [0.05, 0.1) is 56.2 Å². The largest absolute Gasteiger partial charge is 0.495 e. The summed E-state index contributed by atoms with van der Waals surface area (Å²) < 4.78 is 24.0. The number of carboxylic acids is 3. The Balaban J connectivity index is 0.000000136. The third-order valence-electron chi connectivity index (χ3n) is 55.9. The first-order valence-electron chi connectivity index (χ1n) is 61.1. The van der Waals surface area contributed by atoms with Crippen LogP contribution in [-0.4, -0.2) is 105 Å². The molecule has 0 heterocycles. The molecule has 0 aromatic heterocycles. The van der Waals surface area contributed by atoms with Gasteiger partial charge in [0.25, 0.3) is 0 Å². The first-order valence-corrected chi connectivity index (χ1v) is 61.1. The van der Waals surface area contributed by atoms with Crippen molar-refractivity contribution in [2.24, 2.45) is 227 Å². The molecule has 0 bridgehead atoms. The fourth-order valence-corrected chi connectivity index (χ4v) is 47.7. The molecule has 20 fully saturated rings. The summed E-state index contributed by atoms with van der Waals surface area (Å²) in [6.07, 6.45) is 45.0. The predicted octanol–water partition coefficient (Wildman–Crippen LogP) is 31.2. The molecule has 20 aliphatic rings. The number of allylic oxidation sites excluding steroid dienone is 5. The van der Waals surface area contributed by atoms with E-state index < -0.39 is 35.3 Å². The highest BCUT2D eigenvalue weighted by molar-refractivity contribution is 5.85. The molecule has 5 N–H and O–H groups in total. The highest BCUT2D eigenvalue weighted by Crippen LogP contribution is 2.85. The number of aliphatic hydroxyl groups excluding tert-OH is 2. The molecule has 0 aromatic carbocycles. The number of fused-ring (bicyclic) bond motifs is 28. The third kappa shape index (κ3) is 17.2. The smallest absolute Gasteiger partial charge is 0.309 e. The van der Waals surface area contributed by atoms with Gasteiger partial charge < -0.3 is 44.5 Å². The van der Waals surface area contributed by atoms with Crippen LogP contribution in [0.3, 0.4) is 0 Å². The van der Waals surface area contributed by atoms with Gasteiger partial charge in [0.15, 0.2) is 0 Å². The van der Waals surface area contributed by atoms with Crippen LogP contribution in [-0.2, 0) is 52.5 Å². The predicted molar refractivity (Wildman–Crippen MR) is 593 cm³/mol. The summed E-state index contributed by atoms with van der Waals surface area (Å²) in [4.78, 5) is 84.8. The van der Waals surface area contributed by atoms with Gasteiger partial charge in [-0.2, -0.15) is 0 Å². The van der Waals surface area contributed by atoms with Crippen LogP contribution in [0.2, 0.25) is 0 Å². The molecule has 0 radical (unpaired) electrons. The number of esters is 3. The lowest BCUT2D eigenvalue weighted by Crippen LogP contribution is -2.67. The second-order valence-corrected chi connectivity index (χ2v) is 62.2. The number of hydrogen-bond acceptors (Lipinski definition) is 13. The number of rotatable bonds is 19. The number of hydrogen-bond donors (Lipinski definition) is 5. The van der Waals surface area contributed by atoms with E-state index in [1.165, 1.54) is 151 Å². The summed E-state index contributed by atoms with van der Waals surface area (Å²) in [6, 6.07) is 0. The Morgan fingerprint density at radius 3 is 1.02 bits per heavy atom. The Labute approximate surface area is 902 Å². The standard InChI is InChI=1S/C38H58O8.C33H54O2.C32H52O3.C30H46O3/c1-23(2)24-14-19-38(22-45-31(43)12-10-29(39)40)21-20-36(6)25(33(24)38)8-9-27-35(5)17-16-28(46-32(44)13-11-30(41)42)34(3,4)26(35)15-18-37(27,36)7;1-21(2)23-12-17-33(20-34)19-18-31(8)24(28(23)33)10-11-26-30(7)15-14-27(35-22(3)4)29(5,6)25(30)13-16-32(26,31)9;1-20(2)22-11-16-32(19-35-21(3)33)18-17-30(7)23(27(22)32)9-10-25-29(6)14-13-26(34)28(4,5)24(29)12-15-31(25,30)8;1-18(2)19-10-15-30(25(32)33)17-16-28(6)20(24(19)30)8-9-22-27(5)13-12-23(31)26(3,4)21(27)11-14-29(22,28)7/h24-28,33H,1,8-22H2,2-7H3,(H,39,40)(H,41,42);23-28,34H,1,3,10-20H2,2,4-9H3;22-27,34H,1,9-19H2,2-8H3;19-22,24H,1,8-17H2,2-7H3,(H,32,33)/t24?,25?,26?,27?,28?,33?,35-,36+,37+,38?;23?,24?,25?,26?,27?,28?,30-,31+,32+,33?;22?,23?,24?,25?,26?,27?,29-,30+,31+,32?;19?,20?,21?,22?,24?,27-,28+,29+,30?/m0000/s1. The lowest BCUT2D eigenvalue weighted by molar-refractivity contribution is -0.252. The highest BCUT2D eigenvalue weighted by atomic mass is 16.5. The van der Waals surface area contributed by atoms with E-state index in [4.69, 9.17) is 29.2 Å². The topological polar surface area (TPSA) is 258 Å². The summed E-state index contributed by atoms with van der Waals surface area (Å²) in [6.45, 7) is 85.5. The molecule has 16 heteroatoms. The second kappa shape index (κ2) is 39.2. The van der Waals surface area contributed by atoms with E-state index >= 15 is 0 Å². The maximum atomic E-state index is 12.9. The van der Waals surface area contributed by atoms with Crippen LogP contribution in [0.4, 0.5) is 0 Å². The number of carbonyl (C=O) groups excluding carboxylic acids is 4. The number of aliphatic hydroxyl groups is 2. The summed E-state index contributed by atoms with van der Waals surface area (Å²) in [5.41, 5.74) is 7.65. The molecule has 20 saturated carbocycles. The average Bonchev–Trinajstić information content (AvgIpc) is 1.68. The van der Waals surface area contributed by atoms with Crippen LogP contribution in [0.25, 0.3) is 0 Å². The molecule has 0 amide bonds. The van der Waals surface area contributed by atoms with Gasteiger partial charge in [-0.1, -0.05) is 194 Å². The molecular formula is C133H210O16. The Bertz CT molecular complexity index is 5180. The van der Waals surface area contributed by atoms with E-state index in [9.17, 15) is 48.9 Å². The van der Waals surface area contributed by atoms with Crippen molar-refractivity contribution >= 4 is 41.6 Å². The molecule has 39 atom stereocenters. The van der Waals surface area contributed by atoms with Gasteiger partial charge in [0.2, 0.25) is 0 Å². The average molecular weight is 2070 g/mol. The van der Waals surface area contributed by atoms with Crippen LogP contribution in [0.1, 0.15) is 463 Å². The van der Waals surface area contributed by atoms with Crippen LogP contribution >= 0.6 is 0 Å². The minimum atomic E-state index is -0.980. The van der Waals surface area contributed by atoms with Crippen molar-refractivity contribution in [2.75, 3.05) is 19.8 Å². The van der Waals surface area contributed by atoms with Crippen LogP contribution in [0, 0.1) is 227 Å². The Morgan fingerprint density at radius 1 is 0.309 bits per heavy atom. The molecular weight excluding hydrogens is 1850 g/mol. The maximum Gasteiger partial charge on any atom is 0.309 e. The fourth-order valence-electron chi connectivity index (χ4n) is 47.7. The van der Waals surface area contributed by atoms with E-state index in [-0.39, 0.29) is 120 Å². The van der Waals surface area contributed by atoms with Crippen molar-refractivity contribution in [3.05, 3.63) is 60.9 Å². The minimum absolute atomic E-state index is 0.00826. The summed E-state index contributed by atoms with van der Waals surface area (Å²) in [7, 11) is 0. The van der Waals surface area contributed by atoms with Gasteiger partial charge in [0.1, 0.15) is 18.0 Å². The quantitative estimate of drug-likeness (QED) is 0.0349. The van der Waals surface area contributed by atoms with Crippen molar-refractivity contribution in [3.63, 3.8) is 0 Å². The Morgan fingerprint density at radius 2 is 0.638 bits per heavy atom. The number of carboxylic acid groups (broad SMARTS) is 3. The lowest BCUT2D eigenvalue weighted by Gasteiger charge is -2.73. The van der Waals surface area contributed by atoms with Crippen molar-refractivity contribution in [1.82, 2.24) is 0 Å². The zero-order chi connectivity index (χ0) is 109. The zero-order valence-corrected chi connectivity index (χ0v) is 98.8. The lowest BCUT2D eigenvalue weighted by atomic mass is 9.32. The van der Waals surface area contributed by atoms with E-state index in [0.717, 1.165) is 152 Å². The second-order valence-electron chi connectivity index (χ2n) is 62.2. The molecule has 20 aliphatic carbocycles. The van der Waals surface area contributed by atoms with Crippen molar-refractivity contribution in [1.29, 1.82) is 0 Å². The molecule has 20 rings (SSSR count). The van der Waals surface area contributed by atoms with Gasteiger partial charge in [-0.25, -0.2) is 0 Å². The SMILES string of the molecule is C=C(C)C1CCC2(C(=O)O)CC[C@]3(C)C(CCC4[C@@]5(C)CCC(=O)C(C)(C)C5CC[C@]43C)C12.C=C(C)C1CCC2(COC(=O)CCC(=O)O)CC[C@]3(C)C(CCC4[C@@]5(C)CCC(OC(=O)CCC(=O)O)C(C)(C)C5CC[C@]43C)C12.C=C(C)C1CCC2(COC(C)=O)CC[C@]3(C)C(CCC4[C@@]5(C)CCC(O)C(C)(C)C5CC[C@]43C)C12.C=C(C)OC1CC[C@@]2(C)C(CC[C@]3(C)C2CCC2C4C(C(=C)C)CCC4(CO)CC[C@]23C)C1(C)C. The molecule has 0 spiro atoms. The number of Topliss-reactive ketones (excluding diaryl/α,β-unsaturated/α-hetero) is 1. The van der Waals surface area contributed by atoms with Gasteiger partial charge >= 0.3 is 35.8 Å². The van der Waals surface area contributed by atoms with Gasteiger partial charge in [-0.3, -0.25) is 33.6 Å². The Hall–Kier alpha value is -5.09. The van der Waals surface area contributed by atoms with Gasteiger partial charge in [0, 0.05) is 47.0 Å². The first kappa shape index (κ1) is 115. The summed E-state index contributed by atoms with van der Waals surface area (Å²) in [5.74, 6) is 8.93. The van der Waals surface area contributed by atoms with E-state index in [0.29, 0.717) is 159 Å². The summed E-state index contributed by atoms with van der Waals surface area (Å²) >= 11 is 0. The van der Waals surface area contributed by atoms with Crippen molar-refractivity contribution < 1.29 is 78.0 Å². The molecule has 0 aromatic rings. The minimum Gasteiger partial charge on any atom is -0.495 e. The molecule has 149 heavy (non-hydrogen) atoms. The van der Waals surface area contributed by atoms with Crippen LogP contribution < -0.4 is 0 Å². The van der Waals surface area contributed by atoms with Gasteiger partial charge in [-0.05, 0) is 479 Å². The van der Waals surface area contributed by atoms with Crippen LogP contribution in [0.15, 0.2) is 60.9 Å². The van der Waals surface area contributed by atoms with Gasteiger partial charge in [-0.15, -0.1) is 0 Å². The molecule has 838 valence electrons. The number of aliphatic carboxylic acids is 3. The van der Waals surface area contributed by atoms with Crippen molar-refractivity contribution in [3.8, 4) is 0 Å². The fraction of sp³-hybridized carbons (Fsp3) is 0.872. The van der Waals surface area contributed by atoms with Crippen molar-refractivity contribution in [2.45, 2.75) is 481 Å². The first-order chi connectivity index (χ1) is 69.2. The van der Waals surface area contributed by atoms with Crippen LogP contribution in [0.5, 0.6) is 0 Å². The maximum absolute atomic E-state index is 12.9. The summed E-state index contributed by atoms with van der Waals surface area (Å²) in [5, 5.41) is 50.2. The third-order valence-corrected chi connectivity index (χ3v) is 55.9. The monoisotopic (exact) mass is 2060 g/mol. The van der Waals surface area contributed by atoms with E-state index in [1.54, 1.807) is 6.92 Å². The normalized spacial score (nSPS) is 49.4. The van der Waals surface area contributed by atoms with E-state index in [2.05, 4.69) is 199 Å². The highest BCUT2D eigenvalue weighted by Gasteiger charge is 2.79. The zero-order valence-electron chi connectivity index (χ0n) is 98.8. The molecule has 0 aliphatic heterocycles. The Kier molecular flexibility index (Phi) is 30.2. The molecule has 27 unspecified atom stereocenters. The number of ether oxygens (including phenoxy) is 4.